The standard InChI is InChI=1S/C18H25NO6/c1-10-8-18(11(2)25-18)16(21)24-13-5-7-19-6-4-12(14(13)19)9-23-15(20)17(10,3)22/h4,10-11,13-14,22H,5-9H2,1-3H3/t10-,11?,13-,14-,17+,18?/m1/s1. The molecule has 0 bridgehead atoms. The Morgan fingerprint density at radius 1 is 1.28 bits per heavy atom. The Labute approximate surface area is 146 Å². The molecule has 4 heterocycles. The van der Waals surface area contributed by atoms with Gasteiger partial charge in [-0.2, -0.15) is 0 Å². The van der Waals surface area contributed by atoms with Gasteiger partial charge in [0.1, 0.15) is 12.7 Å². The summed E-state index contributed by atoms with van der Waals surface area (Å²) in [6.45, 7) is 6.70. The van der Waals surface area contributed by atoms with Crippen molar-refractivity contribution in [2.75, 3.05) is 19.7 Å². The number of carbonyl (C=O) groups excluding carboxylic acids is 2. The highest BCUT2D eigenvalue weighted by molar-refractivity contribution is 5.84. The third-order valence-corrected chi connectivity index (χ3v) is 6.36. The van der Waals surface area contributed by atoms with Gasteiger partial charge in [0.2, 0.25) is 0 Å². The highest BCUT2D eigenvalue weighted by Crippen LogP contribution is 2.46. The van der Waals surface area contributed by atoms with E-state index < -0.39 is 23.1 Å². The Morgan fingerprint density at radius 2 is 2.00 bits per heavy atom. The Bertz CT molecular complexity index is 643. The zero-order valence-electron chi connectivity index (χ0n) is 14.9. The molecule has 0 aromatic heterocycles. The fourth-order valence-corrected chi connectivity index (χ4v) is 4.31. The number of ether oxygens (including phenoxy) is 3. The number of cyclic esters (lactones) is 1. The van der Waals surface area contributed by atoms with Crippen molar-refractivity contribution in [1.82, 2.24) is 4.90 Å². The number of hydrogen-bond donors (Lipinski definition) is 1. The molecule has 2 unspecified atom stereocenters. The molecule has 0 amide bonds. The first-order valence-corrected chi connectivity index (χ1v) is 8.97. The first-order valence-electron chi connectivity index (χ1n) is 8.97. The van der Waals surface area contributed by atoms with Gasteiger partial charge in [-0.25, -0.2) is 9.59 Å². The number of aliphatic hydroxyl groups is 1. The number of carbonyl (C=O) groups is 2. The second kappa shape index (κ2) is 5.53. The topological polar surface area (TPSA) is 88.6 Å². The van der Waals surface area contributed by atoms with E-state index in [1.807, 2.05) is 13.0 Å². The fourth-order valence-electron chi connectivity index (χ4n) is 4.31. The van der Waals surface area contributed by atoms with Crippen molar-refractivity contribution in [3.05, 3.63) is 11.6 Å². The second-order valence-electron chi connectivity index (χ2n) is 7.93. The van der Waals surface area contributed by atoms with Crippen LogP contribution in [0.1, 0.15) is 33.6 Å². The van der Waals surface area contributed by atoms with Crippen LogP contribution in [0.4, 0.5) is 0 Å². The lowest BCUT2D eigenvalue weighted by Gasteiger charge is -2.32. The minimum atomic E-state index is -1.69. The van der Waals surface area contributed by atoms with E-state index in [2.05, 4.69) is 4.90 Å². The summed E-state index contributed by atoms with van der Waals surface area (Å²) in [6, 6.07) is -0.0512. The lowest BCUT2D eigenvalue weighted by Crippen LogP contribution is -2.48. The minimum Gasteiger partial charge on any atom is -0.459 e. The zero-order chi connectivity index (χ0) is 18.0. The summed E-state index contributed by atoms with van der Waals surface area (Å²) in [4.78, 5) is 27.5. The van der Waals surface area contributed by atoms with Gasteiger partial charge in [0.05, 0.1) is 12.1 Å². The molecule has 3 fully saturated rings. The number of esters is 2. The van der Waals surface area contributed by atoms with Gasteiger partial charge in [0, 0.05) is 13.1 Å². The van der Waals surface area contributed by atoms with Crippen LogP contribution in [0.15, 0.2) is 11.6 Å². The molecule has 1 spiro atoms. The van der Waals surface area contributed by atoms with Crippen molar-refractivity contribution >= 4 is 11.9 Å². The number of epoxide rings is 1. The molecule has 4 aliphatic rings. The lowest BCUT2D eigenvalue weighted by atomic mass is 9.82. The van der Waals surface area contributed by atoms with E-state index in [1.54, 1.807) is 6.92 Å². The van der Waals surface area contributed by atoms with Gasteiger partial charge in [-0.1, -0.05) is 13.0 Å². The average molecular weight is 351 g/mol. The van der Waals surface area contributed by atoms with E-state index in [1.165, 1.54) is 6.92 Å². The molecule has 1 N–H and O–H groups in total. The predicted octanol–water partition coefficient (Wildman–Crippen LogP) is 0.404. The van der Waals surface area contributed by atoms with Gasteiger partial charge in [-0.05, 0) is 38.2 Å². The predicted molar refractivity (Wildman–Crippen MR) is 86.6 cm³/mol. The van der Waals surface area contributed by atoms with E-state index in [-0.39, 0.29) is 37.2 Å². The maximum Gasteiger partial charge on any atom is 0.341 e. The maximum atomic E-state index is 12.9. The van der Waals surface area contributed by atoms with Crippen molar-refractivity contribution < 1.29 is 28.9 Å². The van der Waals surface area contributed by atoms with Gasteiger partial charge in [-0.3, -0.25) is 4.90 Å². The Balaban J connectivity index is 1.66. The van der Waals surface area contributed by atoms with E-state index in [9.17, 15) is 14.7 Å². The Kier molecular flexibility index (Phi) is 3.76. The molecule has 0 saturated carbocycles. The summed E-state index contributed by atoms with van der Waals surface area (Å²) < 4.78 is 16.9. The molecule has 4 aliphatic heterocycles. The third-order valence-electron chi connectivity index (χ3n) is 6.36. The summed E-state index contributed by atoms with van der Waals surface area (Å²) in [7, 11) is 0. The monoisotopic (exact) mass is 351 g/mol. The van der Waals surface area contributed by atoms with Gasteiger partial charge < -0.3 is 19.3 Å². The first kappa shape index (κ1) is 17.0. The van der Waals surface area contributed by atoms with E-state index in [4.69, 9.17) is 14.2 Å². The molecule has 3 saturated heterocycles. The smallest absolute Gasteiger partial charge is 0.341 e. The largest absolute Gasteiger partial charge is 0.459 e. The van der Waals surface area contributed by atoms with Crippen LogP contribution in [0, 0.1) is 5.92 Å². The van der Waals surface area contributed by atoms with Crippen LogP contribution in [0.5, 0.6) is 0 Å². The molecule has 0 aromatic rings. The summed E-state index contributed by atoms with van der Waals surface area (Å²) in [6.07, 6.45) is 2.48. The Morgan fingerprint density at radius 3 is 2.68 bits per heavy atom. The molecule has 6 atom stereocenters. The second-order valence-corrected chi connectivity index (χ2v) is 7.93. The van der Waals surface area contributed by atoms with E-state index in [0.717, 1.165) is 25.1 Å². The van der Waals surface area contributed by atoms with E-state index >= 15 is 0 Å². The molecular weight excluding hydrogens is 326 g/mol. The van der Waals surface area contributed by atoms with Crippen LogP contribution in [-0.2, 0) is 23.8 Å². The number of hydrogen-bond acceptors (Lipinski definition) is 7. The highest BCUT2D eigenvalue weighted by atomic mass is 16.7. The van der Waals surface area contributed by atoms with E-state index in [0.29, 0.717) is 0 Å². The van der Waals surface area contributed by atoms with Gasteiger partial charge in [0.25, 0.3) is 0 Å². The Hall–Kier alpha value is -1.44. The number of rotatable bonds is 0. The maximum absolute atomic E-state index is 12.9. The minimum absolute atomic E-state index is 0.0512. The van der Waals surface area contributed by atoms with Gasteiger partial charge >= 0.3 is 11.9 Å². The third kappa shape index (κ3) is 2.52. The van der Waals surface area contributed by atoms with Crippen LogP contribution >= 0.6 is 0 Å². The molecule has 7 heteroatoms. The van der Waals surface area contributed by atoms with Crippen molar-refractivity contribution in [3.63, 3.8) is 0 Å². The normalized spacial score (nSPS) is 47.4. The SMILES string of the molecule is CC1OC12C[C@@H](C)[C@](C)(O)C(=O)OCC1=CCN3CC[C@@H](OC2=O)[C@@H]13. The summed E-state index contributed by atoms with van der Waals surface area (Å²) >= 11 is 0. The van der Waals surface area contributed by atoms with Gasteiger partial charge in [-0.15, -0.1) is 0 Å². The molecule has 4 rings (SSSR count). The molecule has 138 valence electrons. The molecule has 0 aliphatic carbocycles. The van der Waals surface area contributed by atoms with Crippen LogP contribution in [0.2, 0.25) is 0 Å². The van der Waals surface area contributed by atoms with Crippen LogP contribution in [-0.4, -0.2) is 71.1 Å². The highest BCUT2D eigenvalue weighted by Gasteiger charge is 2.64. The van der Waals surface area contributed by atoms with Gasteiger partial charge in [0.15, 0.2) is 11.2 Å². The molecule has 7 nitrogen and oxygen atoms in total. The zero-order valence-corrected chi connectivity index (χ0v) is 14.9. The average Bonchev–Trinajstić information content (AvgIpc) is 2.91. The van der Waals surface area contributed by atoms with Crippen LogP contribution in [0.25, 0.3) is 0 Å². The van der Waals surface area contributed by atoms with Crippen molar-refractivity contribution in [3.8, 4) is 0 Å². The summed E-state index contributed by atoms with van der Waals surface area (Å²) in [5.41, 5.74) is -1.82. The molecule has 0 aromatic carbocycles. The van der Waals surface area contributed by atoms with Crippen molar-refractivity contribution in [2.45, 2.75) is 63.1 Å². The van der Waals surface area contributed by atoms with Crippen LogP contribution < -0.4 is 0 Å². The lowest BCUT2D eigenvalue weighted by molar-refractivity contribution is -0.172. The first-order chi connectivity index (χ1) is 11.8. The van der Waals surface area contributed by atoms with Crippen molar-refractivity contribution in [1.29, 1.82) is 0 Å². The summed E-state index contributed by atoms with van der Waals surface area (Å²) in [5.74, 6) is -1.55. The quantitative estimate of drug-likeness (QED) is 0.384. The molecule has 0 radical (unpaired) electrons. The molecular formula is C18H25NO6. The number of nitrogens with zero attached hydrogens (tertiary/aromatic N) is 1. The fraction of sp³-hybridized carbons (Fsp3) is 0.778. The van der Waals surface area contributed by atoms with Crippen LogP contribution in [0.3, 0.4) is 0 Å². The van der Waals surface area contributed by atoms with Crippen molar-refractivity contribution in [2.24, 2.45) is 5.92 Å². The summed E-state index contributed by atoms with van der Waals surface area (Å²) in [5, 5.41) is 10.7. The molecule has 25 heavy (non-hydrogen) atoms.